The molecule has 0 atom stereocenters. The van der Waals surface area contributed by atoms with Gasteiger partial charge in [-0.15, -0.1) is 21.5 Å². The summed E-state index contributed by atoms with van der Waals surface area (Å²) in [5.74, 6) is 0.677. The molecule has 1 aliphatic rings. The number of nitrogens with zero attached hydrogens (tertiary/aromatic N) is 4. The predicted molar refractivity (Wildman–Crippen MR) is 126 cm³/mol. The Hall–Kier alpha value is -2.05. The number of thiophene rings is 1. The number of nitriles is 1. The zero-order valence-corrected chi connectivity index (χ0v) is 19.9. The molecule has 0 unspecified atom stereocenters. The van der Waals surface area contributed by atoms with Gasteiger partial charge in [-0.2, -0.15) is 5.26 Å². The van der Waals surface area contributed by atoms with E-state index in [9.17, 15) is 10.1 Å². The van der Waals surface area contributed by atoms with Crippen LogP contribution >= 0.6 is 46.3 Å². The molecule has 6 nitrogen and oxygen atoms in total. The highest BCUT2D eigenvalue weighted by molar-refractivity contribution is 7.99. The van der Waals surface area contributed by atoms with E-state index in [0.29, 0.717) is 38.1 Å². The number of rotatable bonds is 6. The van der Waals surface area contributed by atoms with Crippen molar-refractivity contribution in [3.05, 3.63) is 44.2 Å². The van der Waals surface area contributed by atoms with E-state index in [1.165, 1.54) is 28.0 Å². The Morgan fingerprint density at radius 2 is 2.10 bits per heavy atom. The molecule has 0 saturated heterocycles. The summed E-state index contributed by atoms with van der Waals surface area (Å²) in [4.78, 5) is 13.8. The van der Waals surface area contributed by atoms with Crippen molar-refractivity contribution >= 4 is 57.2 Å². The van der Waals surface area contributed by atoms with Crippen molar-refractivity contribution in [3.8, 4) is 17.5 Å². The highest BCUT2D eigenvalue weighted by Gasteiger charge is 2.22. The number of aryl methyl sites for hydroxylation is 1. The van der Waals surface area contributed by atoms with Crippen LogP contribution in [0.3, 0.4) is 0 Å². The summed E-state index contributed by atoms with van der Waals surface area (Å²) in [5.41, 5.74) is 2.54. The molecule has 4 rings (SSSR count). The van der Waals surface area contributed by atoms with Gasteiger partial charge >= 0.3 is 0 Å². The molecule has 0 fully saturated rings. The molecule has 2 heterocycles. The smallest absolute Gasteiger partial charge is 0.235 e. The average Bonchev–Trinajstić information content (AvgIpc) is 3.34. The fraction of sp³-hybridized carbons (Fsp3) is 0.333. The van der Waals surface area contributed by atoms with Crippen LogP contribution in [0.1, 0.15) is 35.8 Å². The zero-order valence-electron chi connectivity index (χ0n) is 16.7. The molecule has 0 bridgehead atoms. The Bertz CT molecular complexity index is 1180. The second-order valence-electron chi connectivity index (χ2n) is 7.04. The number of benzene rings is 1. The third-order valence-corrected chi connectivity index (χ3v) is 7.99. The summed E-state index contributed by atoms with van der Waals surface area (Å²) in [7, 11) is 0. The highest BCUT2D eigenvalue weighted by atomic mass is 35.5. The van der Waals surface area contributed by atoms with Gasteiger partial charge in [0, 0.05) is 17.0 Å². The molecule has 3 aromatic rings. The van der Waals surface area contributed by atoms with E-state index in [2.05, 4.69) is 21.6 Å². The predicted octanol–water partition coefficient (Wildman–Crippen LogP) is 5.81. The van der Waals surface area contributed by atoms with E-state index in [4.69, 9.17) is 23.2 Å². The van der Waals surface area contributed by atoms with Crippen LogP contribution < -0.4 is 5.32 Å². The van der Waals surface area contributed by atoms with Crippen molar-refractivity contribution in [1.82, 2.24) is 14.8 Å². The number of carbonyl (C=O) groups is 1. The molecule has 10 heteroatoms. The molecule has 31 heavy (non-hydrogen) atoms. The number of thioether (sulfide) groups is 1. The number of nitrogens with one attached hydrogen (secondary N) is 1. The van der Waals surface area contributed by atoms with Crippen LogP contribution in [0.5, 0.6) is 0 Å². The van der Waals surface area contributed by atoms with Gasteiger partial charge in [-0.05, 0) is 56.4 Å². The Morgan fingerprint density at radius 3 is 2.84 bits per heavy atom. The van der Waals surface area contributed by atoms with E-state index < -0.39 is 0 Å². The molecule has 2 aromatic heterocycles. The fourth-order valence-electron chi connectivity index (χ4n) is 3.59. The van der Waals surface area contributed by atoms with E-state index in [1.807, 2.05) is 17.6 Å². The quantitative estimate of drug-likeness (QED) is 0.439. The minimum Gasteiger partial charge on any atom is -0.316 e. The first-order chi connectivity index (χ1) is 15.0. The van der Waals surface area contributed by atoms with Crippen LogP contribution in [0.15, 0.2) is 23.4 Å². The maximum atomic E-state index is 12.6. The van der Waals surface area contributed by atoms with Gasteiger partial charge in [0.1, 0.15) is 11.1 Å². The van der Waals surface area contributed by atoms with Crippen LogP contribution in [0, 0.1) is 11.3 Å². The third-order valence-electron chi connectivity index (χ3n) is 5.08. The molecule has 1 aromatic carbocycles. The number of amides is 1. The summed E-state index contributed by atoms with van der Waals surface area (Å²) < 4.78 is 1.93. The summed E-state index contributed by atoms with van der Waals surface area (Å²) in [5, 5.41) is 23.2. The summed E-state index contributed by atoms with van der Waals surface area (Å²) in [6.07, 6.45) is 4.12. The first-order valence-electron chi connectivity index (χ1n) is 9.87. The standard InChI is InChI=1S/C21H19Cl2N5OS2/c1-2-28-19(12-7-8-15(22)16(23)9-12)26-27-21(28)30-11-18(29)25-20-14(10-24)13-5-3-4-6-17(13)31-20/h7-9H,2-6,11H2,1H3,(H,25,29). The van der Waals surface area contributed by atoms with Crippen molar-refractivity contribution < 1.29 is 4.79 Å². The maximum absolute atomic E-state index is 12.6. The second-order valence-corrected chi connectivity index (χ2v) is 9.91. The number of fused-ring (bicyclic) bond motifs is 1. The second kappa shape index (κ2) is 9.61. The number of hydrogen-bond acceptors (Lipinski definition) is 6. The highest BCUT2D eigenvalue weighted by Crippen LogP contribution is 2.37. The normalized spacial score (nSPS) is 13.0. The first kappa shape index (κ1) is 22.2. The molecule has 1 N–H and O–H groups in total. The molecule has 0 saturated carbocycles. The van der Waals surface area contributed by atoms with Gasteiger partial charge in [-0.25, -0.2) is 0 Å². The minimum absolute atomic E-state index is 0.165. The van der Waals surface area contributed by atoms with Gasteiger partial charge < -0.3 is 9.88 Å². The summed E-state index contributed by atoms with van der Waals surface area (Å²) >= 11 is 15.0. The molecular formula is C21H19Cl2N5OS2. The van der Waals surface area contributed by atoms with Gasteiger partial charge in [0.25, 0.3) is 0 Å². The van der Waals surface area contributed by atoms with Crippen molar-refractivity contribution in [2.75, 3.05) is 11.1 Å². The van der Waals surface area contributed by atoms with E-state index >= 15 is 0 Å². The molecule has 1 aliphatic carbocycles. The Balaban J connectivity index is 1.47. The lowest BCUT2D eigenvalue weighted by Gasteiger charge is -2.09. The molecule has 160 valence electrons. The van der Waals surface area contributed by atoms with Crippen molar-refractivity contribution in [3.63, 3.8) is 0 Å². The summed E-state index contributed by atoms with van der Waals surface area (Å²) in [6.45, 7) is 2.63. The number of aromatic nitrogens is 3. The van der Waals surface area contributed by atoms with E-state index in [0.717, 1.165) is 36.8 Å². The van der Waals surface area contributed by atoms with Gasteiger partial charge in [0.2, 0.25) is 5.91 Å². The first-order valence-corrected chi connectivity index (χ1v) is 12.4. The lowest BCUT2D eigenvalue weighted by molar-refractivity contribution is -0.113. The molecular weight excluding hydrogens is 473 g/mol. The van der Waals surface area contributed by atoms with Gasteiger partial charge in [0.15, 0.2) is 11.0 Å². The van der Waals surface area contributed by atoms with Crippen LogP contribution in [0.4, 0.5) is 5.00 Å². The van der Waals surface area contributed by atoms with Crippen LogP contribution in [-0.4, -0.2) is 26.4 Å². The number of carbonyl (C=O) groups excluding carboxylic acids is 1. The van der Waals surface area contributed by atoms with Crippen LogP contribution in [0.25, 0.3) is 11.4 Å². The molecule has 0 spiro atoms. The maximum Gasteiger partial charge on any atom is 0.235 e. The molecule has 0 aliphatic heterocycles. The molecule has 1 amide bonds. The lowest BCUT2D eigenvalue weighted by Crippen LogP contribution is -2.14. The monoisotopic (exact) mass is 491 g/mol. The minimum atomic E-state index is -0.165. The summed E-state index contributed by atoms with van der Waals surface area (Å²) in [6, 6.07) is 7.59. The van der Waals surface area contributed by atoms with Crippen molar-refractivity contribution in [2.24, 2.45) is 0 Å². The van der Waals surface area contributed by atoms with E-state index in [1.54, 1.807) is 12.1 Å². The Labute approximate surface area is 198 Å². The average molecular weight is 492 g/mol. The zero-order chi connectivity index (χ0) is 22.0. The molecule has 0 radical (unpaired) electrons. The van der Waals surface area contributed by atoms with Gasteiger partial charge in [0.05, 0.1) is 21.4 Å². The largest absolute Gasteiger partial charge is 0.316 e. The number of hydrogen-bond donors (Lipinski definition) is 1. The Kier molecular flexibility index (Phi) is 6.87. The lowest BCUT2D eigenvalue weighted by atomic mass is 9.96. The third kappa shape index (κ3) is 4.60. The van der Waals surface area contributed by atoms with Crippen LogP contribution in [-0.2, 0) is 24.2 Å². The fourth-order valence-corrected chi connectivity index (χ4v) is 5.95. The number of halogens is 2. The van der Waals surface area contributed by atoms with Crippen LogP contribution in [0.2, 0.25) is 10.0 Å². The SMILES string of the molecule is CCn1c(SCC(=O)Nc2sc3c(c2C#N)CCCC3)nnc1-c1ccc(Cl)c(Cl)c1. The number of anilines is 1. The van der Waals surface area contributed by atoms with Crippen molar-refractivity contribution in [1.29, 1.82) is 5.26 Å². The van der Waals surface area contributed by atoms with E-state index in [-0.39, 0.29) is 11.7 Å². The van der Waals surface area contributed by atoms with Crippen molar-refractivity contribution in [2.45, 2.75) is 44.3 Å². The topological polar surface area (TPSA) is 83.6 Å². The Morgan fingerprint density at radius 1 is 1.29 bits per heavy atom. The van der Waals surface area contributed by atoms with Gasteiger partial charge in [-0.1, -0.05) is 35.0 Å². The van der Waals surface area contributed by atoms with Gasteiger partial charge in [-0.3, -0.25) is 4.79 Å².